The first-order valence-electron chi connectivity index (χ1n) is 15.8. The van der Waals surface area contributed by atoms with E-state index in [0.29, 0.717) is 39.0 Å². The van der Waals surface area contributed by atoms with E-state index in [0.717, 1.165) is 16.9 Å². The molecule has 1 spiro atoms. The predicted octanol–water partition coefficient (Wildman–Crippen LogP) is 6.62. The van der Waals surface area contributed by atoms with Crippen LogP contribution < -0.4 is 8.85 Å². The van der Waals surface area contributed by atoms with Crippen LogP contribution in [0.2, 0.25) is 33.2 Å². The number of hydrogen-bond donors (Lipinski definition) is 4. The number of benzene rings is 1. The van der Waals surface area contributed by atoms with Gasteiger partial charge in [0.2, 0.25) is 0 Å². The Bertz CT molecular complexity index is 996. The van der Waals surface area contributed by atoms with Gasteiger partial charge in [-0.05, 0) is 51.3 Å². The predicted molar refractivity (Wildman–Crippen MR) is 169 cm³/mol. The molecule has 2 aliphatic rings. The maximum Gasteiger partial charge on any atom is 0.258 e. The Morgan fingerprint density at radius 2 is 1.22 bits per heavy atom. The van der Waals surface area contributed by atoms with E-state index in [1.54, 1.807) is 0 Å². The normalized spacial score (nSPS) is 27.3. The molecule has 1 saturated carbocycles. The molecule has 7 nitrogen and oxygen atoms in total. The van der Waals surface area contributed by atoms with Crippen molar-refractivity contribution in [1.82, 2.24) is 0 Å². The second kappa shape index (κ2) is 12.6. The molecule has 9 heteroatoms. The Morgan fingerprint density at radius 3 is 1.66 bits per heavy atom. The van der Waals surface area contributed by atoms with Gasteiger partial charge in [-0.1, -0.05) is 83.1 Å². The van der Waals surface area contributed by atoms with Crippen LogP contribution in [0.3, 0.4) is 0 Å². The molecule has 1 heterocycles. The lowest BCUT2D eigenvalue weighted by atomic mass is 9.69. The van der Waals surface area contributed by atoms with Crippen molar-refractivity contribution in [3.05, 3.63) is 23.3 Å². The van der Waals surface area contributed by atoms with Crippen LogP contribution in [0.5, 0.6) is 11.5 Å². The van der Waals surface area contributed by atoms with Crippen LogP contribution in [0.4, 0.5) is 0 Å². The Hall–Kier alpha value is -0.946. The molecule has 0 radical (unpaired) electrons. The topological polar surface area (TPSA) is 109 Å². The smallest absolute Gasteiger partial charge is 0.258 e. The molecule has 1 aliphatic heterocycles. The van der Waals surface area contributed by atoms with Crippen LogP contribution in [0.15, 0.2) is 12.1 Å². The fraction of sp³-hybridized carbons (Fsp3) is 0.812. The van der Waals surface area contributed by atoms with E-state index in [1.165, 1.54) is 0 Å². The molecule has 5 atom stereocenters. The van der Waals surface area contributed by atoms with E-state index >= 15 is 0 Å². The summed E-state index contributed by atoms with van der Waals surface area (Å²) in [6, 6.07) is 4.05. The molecule has 0 bridgehead atoms. The van der Waals surface area contributed by atoms with Crippen LogP contribution in [-0.2, 0) is 16.9 Å². The lowest BCUT2D eigenvalue weighted by Crippen LogP contribution is -2.60. The minimum Gasteiger partial charge on any atom is -0.543 e. The summed E-state index contributed by atoms with van der Waals surface area (Å²) in [5.74, 6) is 0.774. The van der Waals surface area contributed by atoms with Gasteiger partial charge < -0.3 is 34.0 Å². The average molecular weight is 611 g/mol. The molecule has 0 saturated heterocycles. The fourth-order valence-corrected chi connectivity index (χ4v) is 19.2. The highest BCUT2D eigenvalue weighted by Crippen LogP contribution is 2.55. The van der Waals surface area contributed by atoms with Gasteiger partial charge >= 0.3 is 0 Å². The highest BCUT2D eigenvalue weighted by Gasteiger charge is 2.59. The highest BCUT2D eigenvalue weighted by atomic mass is 28.4. The lowest BCUT2D eigenvalue weighted by molar-refractivity contribution is -0.228. The van der Waals surface area contributed by atoms with Crippen LogP contribution in [0.25, 0.3) is 0 Å². The van der Waals surface area contributed by atoms with Gasteiger partial charge in [0.25, 0.3) is 16.6 Å². The zero-order valence-corrected chi connectivity index (χ0v) is 29.6. The van der Waals surface area contributed by atoms with E-state index < -0.39 is 46.5 Å². The third kappa shape index (κ3) is 5.58. The first-order valence-corrected chi connectivity index (χ1v) is 20.1. The summed E-state index contributed by atoms with van der Waals surface area (Å²) in [5.41, 5.74) is 2.40. The molecule has 41 heavy (non-hydrogen) atoms. The van der Waals surface area contributed by atoms with Crippen LogP contribution in [-0.4, -0.2) is 62.0 Å². The zero-order chi connectivity index (χ0) is 31.2. The van der Waals surface area contributed by atoms with Crippen molar-refractivity contribution < 1.29 is 34.0 Å². The van der Waals surface area contributed by atoms with E-state index in [4.69, 9.17) is 13.6 Å². The fourth-order valence-electron chi connectivity index (χ4n) is 8.70. The number of fused-ring (bicyclic) bond motifs is 2. The summed E-state index contributed by atoms with van der Waals surface area (Å²) >= 11 is 0. The van der Waals surface area contributed by atoms with Crippen molar-refractivity contribution in [3.8, 4) is 11.5 Å². The van der Waals surface area contributed by atoms with E-state index in [2.05, 4.69) is 83.1 Å². The average Bonchev–Trinajstić information content (AvgIpc) is 3.24. The molecule has 1 fully saturated rings. The Labute approximate surface area is 250 Å². The van der Waals surface area contributed by atoms with Crippen LogP contribution in [0.1, 0.15) is 101 Å². The molecule has 0 aromatic heterocycles. The number of aliphatic hydroxyl groups excluding tert-OH is 4. The Balaban J connectivity index is 2.32. The van der Waals surface area contributed by atoms with E-state index in [1.807, 2.05) is 12.1 Å². The SMILES string of the molecule is CC(C)[Si](Oc1cc2c(c(O[Si](C(C)C)(C(C)C)C(C)C)c1)C1(C[C@H](CO)C(O)C(O)C1O)OC2)(C(C)C)C(C)C. The lowest BCUT2D eigenvalue weighted by Gasteiger charge is -2.48. The number of rotatable bonds is 11. The second-order valence-electron chi connectivity index (χ2n) is 14.5. The van der Waals surface area contributed by atoms with Crippen molar-refractivity contribution in [3.63, 3.8) is 0 Å². The van der Waals surface area contributed by atoms with Gasteiger partial charge in [-0.2, -0.15) is 0 Å². The molecule has 4 N–H and O–H groups in total. The maximum absolute atomic E-state index is 11.5. The van der Waals surface area contributed by atoms with Crippen molar-refractivity contribution in [2.24, 2.45) is 5.92 Å². The third-order valence-electron chi connectivity index (χ3n) is 10.5. The molecule has 3 rings (SSSR count). The van der Waals surface area contributed by atoms with E-state index in [9.17, 15) is 20.4 Å². The van der Waals surface area contributed by atoms with Gasteiger partial charge in [-0.15, -0.1) is 0 Å². The van der Waals surface area contributed by atoms with Gasteiger partial charge in [-0.25, -0.2) is 0 Å². The van der Waals surface area contributed by atoms with Crippen molar-refractivity contribution in [1.29, 1.82) is 0 Å². The molecule has 1 aromatic rings. The molecule has 1 aromatic carbocycles. The number of aliphatic hydroxyl groups is 4. The molecular weight excluding hydrogens is 553 g/mol. The molecular formula is C32H58O7Si2. The summed E-state index contributed by atoms with van der Waals surface area (Å²) in [4.78, 5) is 0. The van der Waals surface area contributed by atoms with Crippen molar-refractivity contribution in [2.75, 3.05) is 6.61 Å². The maximum atomic E-state index is 11.5. The Kier molecular flexibility index (Phi) is 10.6. The van der Waals surface area contributed by atoms with Gasteiger partial charge in [0.05, 0.1) is 12.7 Å². The molecule has 0 amide bonds. The van der Waals surface area contributed by atoms with E-state index in [-0.39, 0.29) is 19.6 Å². The van der Waals surface area contributed by atoms with Crippen molar-refractivity contribution >= 4 is 16.6 Å². The quantitative estimate of drug-likeness (QED) is 0.209. The first-order chi connectivity index (χ1) is 18.9. The van der Waals surface area contributed by atoms with Crippen LogP contribution in [0, 0.1) is 5.92 Å². The highest BCUT2D eigenvalue weighted by molar-refractivity contribution is 6.78. The zero-order valence-electron chi connectivity index (χ0n) is 27.6. The standard InChI is InChI=1S/C32H58O7Si2/c1-18(2)40(19(3)4,20(5)6)38-26-13-24-17-37-32(15-25(16-33)29(34)30(35)31(32)36)28(24)27(14-26)39-41(21(7)8,22(9)10)23(11)12/h13-14,18-23,25,29-31,33-36H,15-17H2,1-12H3/t25-,29?,30?,31?,32?/m1/s1. The molecule has 236 valence electrons. The number of ether oxygens (including phenoxy) is 1. The van der Waals surface area contributed by atoms with Gasteiger partial charge in [0, 0.05) is 24.2 Å². The monoisotopic (exact) mass is 610 g/mol. The second-order valence-corrected chi connectivity index (χ2v) is 25.3. The van der Waals surface area contributed by atoms with Gasteiger partial charge in [0.1, 0.15) is 29.3 Å². The summed E-state index contributed by atoms with van der Waals surface area (Å²) in [5, 5.41) is 43.2. The van der Waals surface area contributed by atoms with Crippen LogP contribution >= 0.6 is 0 Å². The molecule has 4 unspecified atom stereocenters. The summed E-state index contributed by atoms with van der Waals surface area (Å²) < 4.78 is 20.9. The molecule has 1 aliphatic carbocycles. The van der Waals surface area contributed by atoms with Crippen molar-refractivity contribution in [2.45, 2.75) is 153 Å². The van der Waals surface area contributed by atoms with Gasteiger partial charge in [-0.3, -0.25) is 0 Å². The summed E-state index contributed by atoms with van der Waals surface area (Å²) in [6.07, 6.45) is -3.90. The minimum atomic E-state index is -2.46. The number of hydrogen-bond acceptors (Lipinski definition) is 7. The summed E-state index contributed by atoms with van der Waals surface area (Å²) in [7, 11) is -4.75. The Morgan fingerprint density at radius 1 is 0.756 bits per heavy atom. The third-order valence-corrected chi connectivity index (χ3v) is 22.5. The van der Waals surface area contributed by atoms with Gasteiger partial charge in [0.15, 0.2) is 0 Å². The largest absolute Gasteiger partial charge is 0.543 e. The minimum absolute atomic E-state index is 0.175. The summed E-state index contributed by atoms with van der Waals surface area (Å²) in [6.45, 7) is 26.9. The first kappa shape index (κ1) is 34.5.